The van der Waals surface area contributed by atoms with Gasteiger partial charge in [-0.05, 0) is 12.8 Å². The van der Waals surface area contributed by atoms with E-state index in [9.17, 15) is 25.0 Å². The molecule has 0 N–H and O–H groups in total. The Hall–Kier alpha value is -3.09. The van der Waals surface area contributed by atoms with Gasteiger partial charge in [0.15, 0.2) is 0 Å². The molecule has 0 unspecified atom stereocenters. The molecule has 0 aliphatic carbocycles. The summed E-state index contributed by atoms with van der Waals surface area (Å²) in [5, 5.41) is 22.0. The van der Waals surface area contributed by atoms with E-state index in [0.717, 1.165) is 0 Å². The highest BCUT2D eigenvalue weighted by Crippen LogP contribution is 2.25. The fourth-order valence-electron chi connectivity index (χ4n) is 2.46. The molecule has 0 spiro atoms. The Morgan fingerprint density at radius 1 is 0.826 bits per heavy atom. The van der Waals surface area contributed by atoms with Crippen LogP contribution in [0.4, 0.5) is 11.4 Å². The summed E-state index contributed by atoms with van der Waals surface area (Å²) in [6, 6.07) is 12.4. The molecule has 0 fully saturated rings. The van der Waals surface area contributed by atoms with Gasteiger partial charge in [0.25, 0.3) is 11.4 Å². The van der Waals surface area contributed by atoms with Crippen LogP contribution in [0.5, 0.6) is 0 Å². The number of benzene rings is 2. The number of hydrogen-bond acceptors (Lipinski definition) is 5. The number of nitro benzene ring substituents is 2. The molecule has 0 aliphatic rings. The second-order valence-corrected chi connectivity index (χ2v) is 5.08. The summed E-state index contributed by atoms with van der Waals surface area (Å²) in [4.78, 5) is 32.4. The molecule has 2 aromatic rings. The molecule has 7 nitrogen and oxygen atoms in total. The molecule has 0 saturated carbocycles. The van der Waals surface area contributed by atoms with Crippen LogP contribution in [0.25, 0.3) is 0 Å². The first-order valence-electron chi connectivity index (χ1n) is 6.92. The van der Waals surface area contributed by atoms with E-state index in [2.05, 4.69) is 0 Å². The summed E-state index contributed by atoms with van der Waals surface area (Å²) in [5.41, 5.74) is 0.769. The molecule has 0 heterocycles. The lowest BCUT2D eigenvalue weighted by Crippen LogP contribution is -2.12. The molecule has 0 aromatic heterocycles. The van der Waals surface area contributed by atoms with E-state index >= 15 is 0 Å². The van der Waals surface area contributed by atoms with Gasteiger partial charge in [0.1, 0.15) is 6.29 Å². The van der Waals surface area contributed by atoms with Crippen molar-refractivity contribution in [1.82, 2.24) is 0 Å². The van der Waals surface area contributed by atoms with Crippen molar-refractivity contribution in [2.75, 3.05) is 0 Å². The van der Waals surface area contributed by atoms with Crippen LogP contribution in [0.15, 0.2) is 48.5 Å². The number of aldehydes is 1. The van der Waals surface area contributed by atoms with Gasteiger partial charge in [-0.25, -0.2) is 0 Å². The zero-order valence-electron chi connectivity index (χ0n) is 12.1. The Balaban J connectivity index is 2.24. The molecular weight excluding hydrogens is 300 g/mol. The van der Waals surface area contributed by atoms with E-state index in [4.69, 9.17) is 0 Å². The van der Waals surface area contributed by atoms with Gasteiger partial charge in [-0.2, -0.15) is 0 Å². The first-order chi connectivity index (χ1) is 11.0. The maximum Gasteiger partial charge on any atom is 0.272 e. The first kappa shape index (κ1) is 16.3. The Morgan fingerprint density at radius 2 is 1.22 bits per heavy atom. The number of rotatable bonds is 7. The Morgan fingerprint density at radius 3 is 1.57 bits per heavy atom. The summed E-state index contributed by atoms with van der Waals surface area (Å²) >= 11 is 0. The number of nitrogens with zero attached hydrogens (tertiary/aromatic N) is 2. The topological polar surface area (TPSA) is 103 Å². The van der Waals surface area contributed by atoms with Crippen LogP contribution in [0.2, 0.25) is 0 Å². The second-order valence-electron chi connectivity index (χ2n) is 5.08. The third-order valence-electron chi connectivity index (χ3n) is 3.53. The van der Waals surface area contributed by atoms with Crippen LogP contribution in [-0.2, 0) is 17.6 Å². The summed E-state index contributed by atoms with van der Waals surface area (Å²) in [6.45, 7) is 0. The van der Waals surface area contributed by atoms with E-state index < -0.39 is 15.8 Å². The van der Waals surface area contributed by atoms with E-state index in [1.807, 2.05) is 0 Å². The predicted octanol–water partition coefficient (Wildman–Crippen LogP) is 3.10. The van der Waals surface area contributed by atoms with Gasteiger partial charge in [0.05, 0.1) is 9.85 Å². The smallest absolute Gasteiger partial charge is 0.272 e. The molecule has 0 saturated heterocycles. The minimum atomic E-state index is -0.572. The first-order valence-corrected chi connectivity index (χ1v) is 6.92. The van der Waals surface area contributed by atoms with Gasteiger partial charge in [-0.15, -0.1) is 0 Å². The lowest BCUT2D eigenvalue weighted by Gasteiger charge is -2.11. The third kappa shape index (κ3) is 3.97. The maximum absolute atomic E-state index is 11.3. The van der Waals surface area contributed by atoms with Crippen LogP contribution >= 0.6 is 0 Å². The zero-order chi connectivity index (χ0) is 16.8. The van der Waals surface area contributed by atoms with Crippen molar-refractivity contribution in [2.24, 2.45) is 5.92 Å². The van der Waals surface area contributed by atoms with Gasteiger partial charge < -0.3 is 4.79 Å². The highest BCUT2D eigenvalue weighted by atomic mass is 16.6. The SMILES string of the molecule is O=CC(Cc1ccccc1[N+](=O)[O-])Cc1ccccc1[N+](=O)[O-]. The molecule has 0 aliphatic heterocycles. The van der Waals surface area contributed by atoms with Crippen LogP contribution in [0.1, 0.15) is 11.1 Å². The average molecular weight is 314 g/mol. The largest absolute Gasteiger partial charge is 0.303 e. The quantitative estimate of drug-likeness (QED) is 0.444. The van der Waals surface area contributed by atoms with E-state index in [1.54, 1.807) is 36.4 Å². The summed E-state index contributed by atoms with van der Waals surface area (Å²) in [6.07, 6.45) is 1.01. The fraction of sp³-hybridized carbons (Fsp3) is 0.188. The third-order valence-corrected chi connectivity index (χ3v) is 3.53. The molecule has 0 radical (unpaired) electrons. The van der Waals surface area contributed by atoms with E-state index in [-0.39, 0.29) is 24.2 Å². The van der Waals surface area contributed by atoms with Gasteiger partial charge >= 0.3 is 0 Å². The Bertz CT molecular complexity index is 685. The molecule has 0 bridgehead atoms. The van der Waals surface area contributed by atoms with Crippen molar-refractivity contribution in [3.63, 3.8) is 0 Å². The van der Waals surface area contributed by atoms with Crippen molar-refractivity contribution >= 4 is 17.7 Å². The number of carbonyl (C=O) groups excluding carboxylic acids is 1. The van der Waals surface area contributed by atoms with Crippen LogP contribution in [0.3, 0.4) is 0 Å². The van der Waals surface area contributed by atoms with Crippen molar-refractivity contribution in [3.8, 4) is 0 Å². The van der Waals surface area contributed by atoms with E-state index in [0.29, 0.717) is 17.4 Å². The summed E-state index contributed by atoms with van der Waals surface area (Å²) in [5.74, 6) is -0.572. The molecule has 2 rings (SSSR count). The second kappa shape index (κ2) is 7.26. The summed E-state index contributed by atoms with van der Waals surface area (Å²) < 4.78 is 0. The predicted molar refractivity (Wildman–Crippen MR) is 83.2 cm³/mol. The van der Waals surface area contributed by atoms with Crippen LogP contribution in [-0.4, -0.2) is 16.1 Å². The molecule has 0 atom stereocenters. The molecule has 118 valence electrons. The average Bonchev–Trinajstić information content (AvgIpc) is 2.54. The Kier molecular flexibility index (Phi) is 5.14. The summed E-state index contributed by atoms with van der Waals surface area (Å²) in [7, 11) is 0. The standard InChI is InChI=1S/C16H14N2O5/c19-11-12(9-13-5-1-3-7-15(13)17(20)21)10-14-6-2-4-8-16(14)18(22)23/h1-8,11-12H,9-10H2. The number of nitro groups is 2. The molecule has 23 heavy (non-hydrogen) atoms. The molecular formula is C16H14N2O5. The lowest BCUT2D eigenvalue weighted by atomic mass is 9.92. The maximum atomic E-state index is 11.3. The normalized spacial score (nSPS) is 10.5. The van der Waals surface area contributed by atoms with Gasteiger partial charge in [0.2, 0.25) is 0 Å². The Labute approximate surface area is 131 Å². The monoisotopic (exact) mass is 314 g/mol. The molecule has 2 aromatic carbocycles. The van der Waals surface area contributed by atoms with E-state index in [1.165, 1.54) is 12.1 Å². The van der Waals surface area contributed by atoms with Crippen LogP contribution in [0, 0.1) is 26.1 Å². The van der Waals surface area contributed by atoms with Gasteiger partial charge in [0, 0.05) is 29.2 Å². The highest BCUT2D eigenvalue weighted by molar-refractivity contribution is 5.57. The zero-order valence-corrected chi connectivity index (χ0v) is 12.1. The van der Waals surface area contributed by atoms with Crippen molar-refractivity contribution in [1.29, 1.82) is 0 Å². The number of carbonyl (C=O) groups is 1. The fourth-order valence-corrected chi connectivity index (χ4v) is 2.46. The number of para-hydroxylation sites is 2. The van der Waals surface area contributed by atoms with Gasteiger partial charge in [-0.3, -0.25) is 20.2 Å². The van der Waals surface area contributed by atoms with Gasteiger partial charge in [-0.1, -0.05) is 36.4 Å². The molecule has 7 heteroatoms. The lowest BCUT2D eigenvalue weighted by molar-refractivity contribution is -0.385. The van der Waals surface area contributed by atoms with Crippen molar-refractivity contribution < 1.29 is 14.6 Å². The van der Waals surface area contributed by atoms with Crippen molar-refractivity contribution in [3.05, 3.63) is 79.9 Å². The number of hydrogen-bond donors (Lipinski definition) is 0. The molecule has 0 amide bonds. The minimum Gasteiger partial charge on any atom is -0.303 e. The highest BCUT2D eigenvalue weighted by Gasteiger charge is 2.21. The van der Waals surface area contributed by atoms with Crippen LogP contribution < -0.4 is 0 Å². The minimum absolute atomic E-state index is 0.0538. The van der Waals surface area contributed by atoms with Crippen molar-refractivity contribution in [2.45, 2.75) is 12.8 Å².